The number of rotatable bonds is 3. The zero-order valence-electron chi connectivity index (χ0n) is 14.9. The van der Waals surface area contributed by atoms with Gasteiger partial charge in [0.2, 0.25) is 0 Å². The van der Waals surface area contributed by atoms with E-state index >= 15 is 0 Å². The molecule has 5 nitrogen and oxygen atoms in total. The van der Waals surface area contributed by atoms with Gasteiger partial charge in [0, 0.05) is 17.3 Å². The summed E-state index contributed by atoms with van der Waals surface area (Å²) >= 11 is 0. The van der Waals surface area contributed by atoms with Crippen LogP contribution in [0.3, 0.4) is 0 Å². The van der Waals surface area contributed by atoms with Gasteiger partial charge in [-0.1, -0.05) is 30.3 Å². The Hall–Kier alpha value is -3.39. The number of hydrogen-bond donors (Lipinski definition) is 1. The Morgan fingerprint density at radius 3 is 2.54 bits per heavy atom. The molecule has 1 aliphatic heterocycles. The Labute approximate surface area is 152 Å². The molecule has 2 aromatic carbocycles. The minimum Gasteiger partial charge on any atom is -0.321 e. The van der Waals surface area contributed by atoms with Gasteiger partial charge in [-0.05, 0) is 44.5 Å². The maximum atomic E-state index is 13.0. The molecule has 0 aliphatic carbocycles. The Morgan fingerprint density at radius 2 is 1.88 bits per heavy atom. The van der Waals surface area contributed by atoms with E-state index in [0.717, 1.165) is 11.3 Å². The SMILES string of the molecule is Cc1cccc(NC(=O)C(C#N)=C2C(=O)N(C(C)C)c3ccccc32)c1. The molecule has 26 heavy (non-hydrogen) atoms. The summed E-state index contributed by atoms with van der Waals surface area (Å²) in [5.41, 5.74) is 2.89. The van der Waals surface area contributed by atoms with Crippen molar-refractivity contribution in [3.05, 3.63) is 65.2 Å². The Kier molecular flexibility index (Phi) is 4.59. The van der Waals surface area contributed by atoms with E-state index in [9.17, 15) is 14.9 Å². The van der Waals surface area contributed by atoms with Crippen molar-refractivity contribution in [2.45, 2.75) is 26.8 Å². The highest BCUT2D eigenvalue weighted by Crippen LogP contribution is 2.39. The van der Waals surface area contributed by atoms with Crippen molar-refractivity contribution in [2.75, 3.05) is 10.2 Å². The number of hydrogen-bond acceptors (Lipinski definition) is 3. The number of carbonyl (C=O) groups excluding carboxylic acids is 2. The van der Waals surface area contributed by atoms with Crippen LogP contribution in [0.2, 0.25) is 0 Å². The molecule has 1 N–H and O–H groups in total. The van der Waals surface area contributed by atoms with E-state index < -0.39 is 5.91 Å². The molecule has 2 aromatic rings. The summed E-state index contributed by atoms with van der Waals surface area (Å²) in [6.07, 6.45) is 0. The molecule has 0 spiro atoms. The van der Waals surface area contributed by atoms with Gasteiger partial charge >= 0.3 is 0 Å². The summed E-state index contributed by atoms with van der Waals surface area (Å²) < 4.78 is 0. The van der Waals surface area contributed by atoms with Gasteiger partial charge in [-0.3, -0.25) is 9.59 Å². The van der Waals surface area contributed by atoms with Gasteiger partial charge in [0.05, 0.1) is 11.3 Å². The number of amides is 2. The first-order valence-electron chi connectivity index (χ1n) is 8.39. The third-order valence-corrected chi connectivity index (χ3v) is 4.25. The summed E-state index contributed by atoms with van der Waals surface area (Å²) in [5, 5.41) is 12.3. The first-order valence-corrected chi connectivity index (χ1v) is 8.39. The molecule has 0 saturated heterocycles. The average molecular weight is 345 g/mol. The van der Waals surface area contributed by atoms with Gasteiger partial charge in [0.15, 0.2) is 0 Å². The number of nitriles is 1. The molecule has 2 amide bonds. The molecule has 1 aliphatic rings. The van der Waals surface area contributed by atoms with Gasteiger partial charge in [-0.25, -0.2) is 0 Å². The molecule has 5 heteroatoms. The lowest BCUT2D eigenvalue weighted by molar-refractivity contribution is -0.115. The third-order valence-electron chi connectivity index (χ3n) is 4.25. The first-order chi connectivity index (χ1) is 12.4. The van der Waals surface area contributed by atoms with Crippen LogP contribution >= 0.6 is 0 Å². The van der Waals surface area contributed by atoms with E-state index in [0.29, 0.717) is 11.3 Å². The number of carbonyl (C=O) groups is 2. The Morgan fingerprint density at radius 1 is 1.15 bits per heavy atom. The summed E-state index contributed by atoms with van der Waals surface area (Å²) in [7, 11) is 0. The van der Waals surface area contributed by atoms with E-state index in [1.165, 1.54) is 0 Å². The summed E-state index contributed by atoms with van der Waals surface area (Å²) in [6, 6.07) is 16.4. The van der Waals surface area contributed by atoms with Crippen LogP contribution in [0.15, 0.2) is 54.1 Å². The molecule has 0 fully saturated rings. The predicted octanol–water partition coefficient (Wildman–Crippen LogP) is 3.67. The third kappa shape index (κ3) is 2.98. The number of benzene rings is 2. The largest absolute Gasteiger partial charge is 0.321 e. The van der Waals surface area contributed by atoms with Crippen LogP contribution < -0.4 is 10.2 Å². The highest BCUT2D eigenvalue weighted by atomic mass is 16.2. The molecule has 0 atom stereocenters. The molecule has 0 saturated carbocycles. The number of fused-ring (bicyclic) bond motifs is 1. The fourth-order valence-electron chi connectivity index (χ4n) is 3.13. The second-order valence-corrected chi connectivity index (χ2v) is 6.47. The lowest BCUT2D eigenvalue weighted by Crippen LogP contribution is -2.33. The number of nitrogens with one attached hydrogen (secondary N) is 1. The fourth-order valence-corrected chi connectivity index (χ4v) is 3.13. The van der Waals surface area contributed by atoms with Crippen molar-refractivity contribution < 1.29 is 9.59 Å². The zero-order valence-corrected chi connectivity index (χ0v) is 14.9. The van der Waals surface area contributed by atoms with E-state index in [2.05, 4.69) is 5.32 Å². The van der Waals surface area contributed by atoms with Crippen LogP contribution in [0.25, 0.3) is 5.57 Å². The topological polar surface area (TPSA) is 73.2 Å². The van der Waals surface area contributed by atoms with Crippen molar-refractivity contribution in [3.63, 3.8) is 0 Å². The molecule has 0 radical (unpaired) electrons. The van der Waals surface area contributed by atoms with Crippen LogP contribution in [0.1, 0.15) is 25.0 Å². The van der Waals surface area contributed by atoms with E-state index in [-0.39, 0.29) is 23.1 Å². The molecule has 130 valence electrons. The average Bonchev–Trinajstić information content (AvgIpc) is 2.88. The zero-order chi connectivity index (χ0) is 18.8. The number of anilines is 2. The normalized spacial score (nSPS) is 14.9. The van der Waals surface area contributed by atoms with Crippen LogP contribution in [-0.2, 0) is 9.59 Å². The van der Waals surface area contributed by atoms with Crippen molar-refractivity contribution in [1.29, 1.82) is 5.26 Å². The highest BCUT2D eigenvalue weighted by molar-refractivity contribution is 6.38. The van der Waals surface area contributed by atoms with E-state index in [1.807, 2.05) is 57.2 Å². The number of nitrogens with zero attached hydrogens (tertiary/aromatic N) is 2. The van der Waals surface area contributed by atoms with Crippen LogP contribution in [0, 0.1) is 18.3 Å². The van der Waals surface area contributed by atoms with Gasteiger partial charge in [-0.2, -0.15) is 5.26 Å². The van der Waals surface area contributed by atoms with Crippen molar-refractivity contribution in [1.82, 2.24) is 0 Å². The van der Waals surface area contributed by atoms with Gasteiger partial charge in [0.25, 0.3) is 11.8 Å². The lowest BCUT2D eigenvalue weighted by atomic mass is 10.0. The summed E-state index contributed by atoms with van der Waals surface area (Å²) in [5.74, 6) is -0.904. The van der Waals surface area contributed by atoms with Gasteiger partial charge in [-0.15, -0.1) is 0 Å². The summed E-state index contributed by atoms with van der Waals surface area (Å²) in [4.78, 5) is 27.3. The maximum absolute atomic E-state index is 13.0. The van der Waals surface area contributed by atoms with Crippen LogP contribution in [0.4, 0.5) is 11.4 Å². The highest BCUT2D eigenvalue weighted by Gasteiger charge is 2.37. The van der Waals surface area contributed by atoms with E-state index in [4.69, 9.17) is 0 Å². The molecule has 0 unspecified atom stereocenters. The second kappa shape index (κ2) is 6.85. The van der Waals surface area contributed by atoms with Crippen molar-refractivity contribution in [3.8, 4) is 6.07 Å². The van der Waals surface area contributed by atoms with E-state index in [1.54, 1.807) is 23.1 Å². The van der Waals surface area contributed by atoms with Crippen molar-refractivity contribution >= 4 is 28.8 Å². The smallest absolute Gasteiger partial charge is 0.267 e. The predicted molar refractivity (Wildman–Crippen MR) is 101 cm³/mol. The molecule has 1 heterocycles. The van der Waals surface area contributed by atoms with Gasteiger partial charge in [0.1, 0.15) is 11.6 Å². The second-order valence-electron chi connectivity index (χ2n) is 6.47. The van der Waals surface area contributed by atoms with Gasteiger partial charge < -0.3 is 10.2 Å². The monoisotopic (exact) mass is 345 g/mol. The number of para-hydroxylation sites is 1. The standard InChI is InChI=1S/C21H19N3O2/c1-13(2)24-18-10-5-4-9-16(18)19(21(24)26)17(12-22)20(25)23-15-8-6-7-14(3)11-15/h4-11,13H,1-3H3,(H,23,25). The lowest BCUT2D eigenvalue weighted by Gasteiger charge is -2.21. The molecule has 0 aromatic heterocycles. The van der Waals surface area contributed by atoms with Crippen molar-refractivity contribution in [2.24, 2.45) is 0 Å². The Bertz CT molecular complexity index is 967. The summed E-state index contributed by atoms with van der Waals surface area (Å²) in [6.45, 7) is 5.71. The quantitative estimate of drug-likeness (QED) is 0.681. The molecular formula is C21H19N3O2. The minimum atomic E-state index is -0.582. The maximum Gasteiger partial charge on any atom is 0.267 e. The Balaban J connectivity index is 2.08. The minimum absolute atomic E-state index is 0.0825. The molecule has 0 bridgehead atoms. The first kappa shape index (κ1) is 17.4. The number of aryl methyl sites for hydroxylation is 1. The fraction of sp³-hybridized carbons (Fsp3) is 0.190. The van der Waals surface area contributed by atoms with Crippen LogP contribution in [-0.4, -0.2) is 17.9 Å². The molecular weight excluding hydrogens is 326 g/mol. The molecule has 3 rings (SSSR count). The van der Waals surface area contributed by atoms with Crippen LogP contribution in [0.5, 0.6) is 0 Å².